The fourth-order valence-electron chi connectivity index (χ4n) is 1.55. The third-order valence-corrected chi connectivity index (χ3v) is 4.48. The highest BCUT2D eigenvalue weighted by atomic mass is 32.2. The Balaban J connectivity index is 2.71. The van der Waals surface area contributed by atoms with Gasteiger partial charge >= 0.3 is 11.9 Å². The largest absolute Gasteiger partial charge is 0.481 e. The van der Waals surface area contributed by atoms with Crippen molar-refractivity contribution in [3.8, 4) is 0 Å². The predicted octanol–water partition coefficient (Wildman–Crippen LogP) is -1.72. The molecule has 4 N–H and O–H groups in total. The SMILES string of the molecule is NC1(C(=O)O)CCN(S(=O)(=O)CCC(=O)O)C1. The van der Waals surface area contributed by atoms with Gasteiger partial charge in [-0.25, -0.2) is 8.42 Å². The molecule has 0 aromatic rings. The molecule has 0 aromatic heterocycles. The minimum atomic E-state index is -3.75. The molecule has 98 valence electrons. The number of carboxylic acid groups (broad SMARTS) is 2. The molecular formula is C8H14N2O6S. The minimum Gasteiger partial charge on any atom is -0.481 e. The van der Waals surface area contributed by atoms with Gasteiger partial charge < -0.3 is 15.9 Å². The van der Waals surface area contributed by atoms with Crippen LogP contribution in [0.25, 0.3) is 0 Å². The number of hydrogen-bond donors (Lipinski definition) is 3. The lowest BCUT2D eigenvalue weighted by atomic mass is 10.0. The Morgan fingerprint density at radius 2 is 1.94 bits per heavy atom. The van der Waals surface area contributed by atoms with Crippen LogP contribution in [0.4, 0.5) is 0 Å². The van der Waals surface area contributed by atoms with Crippen LogP contribution in [0.5, 0.6) is 0 Å². The van der Waals surface area contributed by atoms with E-state index in [-0.39, 0.29) is 19.5 Å². The zero-order valence-corrected chi connectivity index (χ0v) is 9.81. The summed E-state index contributed by atoms with van der Waals surface area (Å²) in [5.74, 6) is -3.02. The average molecular weight is 266 g/mol. The van der Waals surface area contributed by atoms with Crippen molar-refractivity contribution >= 4 is 22.0 Å². The molecule has 1 heterocycles. The van der Waals surface area contributed by atoms with Gasteiger partial charge in [0.1, 0.15) is 5.54 Å². The number of sulfonamides is 1. The van der Waals surface area contributed by atoms with E-state index in [2.05, 4.69) is 0 Å². The van der Waals surface area contributed by atoms with Gasteiger partial charge in [0.2, 0.25) is 10.0 Å². The van der Waals surface area contributed by atoms with Crippen LogP contribution in [0.15, 0.2) is 0 Å². The summed E-state index contributed by atoms with van der Waals surface area (Å²) in [5, 5.41) is 17.2. The maximum Gasteiger partial charge on any atom is 0.325 e. The topological polar surface area (TPSA) is 138 Å². The van der Waals surface area contributed by atoms with Crippen molar-refractivity contribution in [1.29, 1.82) is 0 Å². The van der Waals surface area contributed by atoms with E-state index in [1.165, 1.54) is 0 Å². The van der Waals surface area contributed by atoms with E-state index in [9.17, 15) is 18.0 Å². The quantitative estimate of drug-likeness (QED) is 0.538. The second-order valence-electron chi connectivity index (χ2n) is 4.00. The molecule has 1 fully saturated rings. The summed E-state index contributed by atoms with van der Waals surface area (Å²) in [5.41, 5.74) is 3.95. The smallest absolute Gasteiger partial charge is 0.325 e. The molecule has 1 aliphatic rings. The molecule has 17 heavy (non-hydrogen) atoms. The van der Waals surface area contributed by atoms with Crippen molar-refractivity contribution in [3.63, 3.8) is 0 Å². The maximum absolute atomic E-state index is 11.7. The second-order valence-corrected chi connectivity index (χ2v) is 6.09. The molecule has 0 spiro atoms. The first-order chi connectivity index (χ1) is 7.67. The van der Waals surface area contributed by atoms with E-state index in [1.54, 1.807) is 0 Å². The number of nitrogens with zero attached hydrogens (tertiary/aromatic N) is 1. The number of nitrogens with two attached hydrogens (primary N) is 1. The molecule has 1 unspecified atom stereocenters. The Morgan fingerprint density at radius 3 is 2.35 bits per heavy atom. The third-order valence-electron chi connectivity index (χ3n) is 2.66. The number of hydrogen-bond acceptors (Lipinski definition) is 5. The lowest BCUT2D eigenvalue weighted by Crippen LogP contribution is -2.50. The van der Waals surface area contributed by atoms with Gasteiger partial charge in [0.25, 0.3) is 0 Å². The predicted molar refractivity (Wildman–Crippen MR) is 56.8 cm³/mol. The molecule has 0 aliphatic carbocycles. The third kappa shape index (κ3) is 3.14. The van der Waals surface area contributed by atoms with Gasteiger partial charge in [-0.05, 0) is 6.42 Å². The Kier molecular flexibility index (Phi) is 3.74. The Bertz CT molecular complexity index is 433. The van der Waals surface area contributed by atoms with Gasteiger partial charge in [-0.3, -0.25) is 9.59 Å². The molecule has 8 nitrogen and oxygen atoms in total. The first-order valence-corrected chi connectivity index (χ1v) is 6.50. The standard InChI is InChI=1S/C8H14N2O6S/c9-8(7(13)14)2-3-10(5-8)17(15,16)4-1-6(11)12/h1-5,9H2,(H,11,12)(H,13,14). The van der Waals surface area contributed by atoms with Crippen LogP contribution in [-0.2, 0) is 19.6 Å². The van der Waals surface area contributed by atoms with Crippen LogP contribution >= 0.6 is 0 Å². The Morgan fingerprint density at radius 1 is 1.35 bits per heavy atom. The molecule has 0 bridgehead atoms. The molecule has 0 saturated carbocycles. The Labute approximate surface area is 98.1 Å². The van der Waals surface area contributed by atoms with Crippen LogP contribution in [0.2, 0.25) is 0 Å². The lowest BCUT2D eigenvalue weighted by Gasteiger charge is -2.19. The van der Waals surface area contributed by atoms with E-state index in [4.69, 9.17) is 15.9 Å². The van der Waals surface area contributed by atoms with Crippen LogP contribution in [0, 0.1) is 0 Å². The highest BCUT2D eigenvalue weighted by Crippen LogP contribution is 2.22. The van der Waals surface area contributed by atoms with Crippen molar-refractivity contribution in [2.24, 2.45) is 5.73 Å². The summed E-state index contributed by atoms with van der Waals surface area (Å²) in [7, 11) is -3.75. The number of aliphatic carboxylic acids is 2. The first-order valence-electron chi connectivity index (χ1n) is 4.89. The summed E-state index contributed by atoms with van der Waals surface area (Å²) >= 11 is 0. The van der Waals surface area contributed by atoms with Crippen molar-refractivity contribution in [2.45, 2.75) is 18.4 Å². The highest BCUT2D eigenvalue weighted by Gasteiger charge is 2.45. The number of carboxylic acids is 2. The van der Waals surface area contributed by atoms with Crippen molar-refractivity contribution in [1.82, 2.24) is 4.31 Å². The van der Waals surface area contributed by atoms with Gasteiger partial charge in [0, 0.05) is 13.1 Å². The van der Waals surface area contributed by atoms with E-state index in [0.29, 0.717) is 0 Å². The van der Waals surface area contributed by atoms with Gasteiger partial charge in [0.05, 0.1) is 12.2 Å². The highest BCUT2D eigenvalue weighted by molar-refractivity contribution is 7.89. The summed E-state index contributed by atoms with van der Waals surface area (Å²) in [6.45, 7) is -0.310. The van der Waals surface area contributed by atoms with Crippen LogP contribution in [-0.4, -0.2) is 59.3 Å². The monoisotopic (exact) mass is 266 g/mol. The molecule has 1 rings (SSSR count). The van der Waals surface area contributed by atoms with Crippen LogP contribution < -0.4 is 5.73 Å². The van der Waals surface area contributed by atoms with E-state index < -0.39 is 39.7 Å². The summed E-state index contributed by atoms with van der Waals surface area (Å²) < 4.78 is 24.3. The summed E-state index contributed by atoms with van der Waals surface area (Å²) in [4.78, 5) is 21.1. The first kappa shape index (κ1) is 13.9. The molecular weight excluding hydrogens is 252 g/mol. The maximum atomic E-state index is 11.7. The molecule has 0 radical (unpaired) electrons. The molecule has 1 saturated heterocycles. The molecule has 9 heteroatoms. The van der Waals surface area contributed by atoms with Gasteiger partial charge in [-0.15, -0.1) is 0 Å². The zero-order chi connectivity index (χ0) is 13.3. The normalized spacial score (nSPS) is 25.9. The van der Waals surface area contributed by atoms with Crippen LogP contribution in [0.1, 0.15) is 12.8 Å². The van der Waals surface area contributed by atoms with Crippen molar-refractivity contribution in [3.05, 3.63) is 0 Å². The molecule has 0 amide bonds. The molecule has 1 atom stereocenters. The van der Waals surface area contributed by atoms with E-state index in [1.807, 2.05) is 0 Å². The van der Waals surface area contributed by atoms with Crippen LogP contribution in [0.3, 0.4) is 0 Å². The van der Waals surface area contributed by atoms with E-state index >= 15 is 0 Å². The van der Waals surface area contributed by atoms with Gasteiger partial charge in [0.15, 0.2) is 0 Å². The Hall–Kier alpha value is -1.19. The summed E-state index contributed by atoms with van der Waals surface area (Å²) in [6, 6.07) is 0. The number of carbonyl (C=O) groups is 2. The van der Waals surface area contributed by atoms with E-state index in [0.717, 1.165) is 4.31 Å². The lowest BCUT2D eigenvalue weighted by molar-refractivity contribution is -0.142. The van der Waals surface area contributed by atoms with Gasteiger partial charge in [-0.1, -0.05) is 0 Å². The average Bonchev–Trinajstić information content (AvgIpc) is 2.60. The fourth-order valence-corrected chi connectivity index (χ4v) is 3.04. The zero-order valence-electron chi connectivity index (χ0n) is 9.00. The minimum absolute atomic E-state index is 0.00471. The number of rotatable bonds is 5. The summed E-state index contributed by atoms with van der Waals surface area (Å²) in [6.07, 6.45) is -0.488. The molecule has 1 aliphatic heterocycles. The van der Waals surface area contributed by atoms with Crippen molar-refractivity contribution in [2.75, 3.05) is 18.8 Å². The molecule has 0 aromatic carbocycles. The van der Waals surface area contributed by atoms with Crippen molar-refractivity contribution < 1.29 is 28.2 Å². The second kappa shape index (κ2) is 4.59. The fraction of sp³-hybridized carbons (Fsp3) is 0.750. The van der Waals surface area contributed by atoms with Gasteiger partial charge in [-0.2, -0.15) is 4.31 Å².